The number of fused-ring (bicyclic) bond motifs is 1. The molecule has 26 heavy (non-hydrogen) atoms. The van der Waals surface area contributed by atoms with E-state index in [1.807, 2.05) is 6.92 Å². The summed E-state index contributed by atoms with van der Waals surface area (Å²) in [5.74, 6) is -1.72. The van der Waals surface area contributed by atoms with Gasteiger partial charge in [0.15, 0.2) is 0 Å². The molecule has 0 spiro atoms. The molecule has 1 aromatic carbocycles. The Bertz CT molecular complexity index is 734. The van der Waals surface area contributed by atoms with Crippen LogP contribution in [0.15, 0.2) is 24.3 Å². The normalized spacial score (nSPS) is 28.8. The number of hydrogen-bond acceptors (Lipinski definition) is 3. The summed E-state index contributed by atoms with van der Waals surface area (Å²) >= 11 is 0. The average Bonchev–Trinajstić information content (AvgIpc) is 2.78. The van der Waals surface area contributed by atoms with Crippen LogP contribution in [0.1, 0.15) is 74.1 Å². The van der Waals surface area contributed by atoms with Gasteiger partial charge in [-0.2, -0.15) is 0 Å². The van der Waals surface area contributed by atoms with Crippen LogP contribution < -0.4 is 0 Å². The van der Waals surface area contributed by atoms with Gasteiger partial charge in [0.25, 0.3) is 11.8 Å². The highest BCUT2D eigenvalue weighted by atomic mass is 16.4. The summed E-state index contributed by atoms with van der Waals surface area (Å²) in [6.45, 7) is 8.40. The monoisotopic (exact) mass is 357 g/mol. The molecule has 1 N–H and O–H groups in total. The van der Waals surface area contributed by atoms with Gasteiger partial charge in [0, 0.05) is 5.41 Å². The van der Waals surface area contributed by atoms with Gasteiger partial charge in [-0.3, -0.25) is 14.5 Å². The smallest absolute Gasteiger partial charge is 0.327 e. The molecule has 2 unspecified atom stereocenters. The van der Waals surface area contributed by atoms with Crippen LogP contribution >= 0.6 is 0 Å². The van der Waals surface area contributed by atoms with Gasteiger partial charge < -0.3 is 5.11 Å². The van der Waals surface area contributed by atoms with E-state index < -0.39 is 29.2 Å². The standard InChI is InChI=1S/C21H27NO4/c1-5-21(11-13(2)10-20(3,4)12-21)16(19(25)26)22-17(23)14-8-6-7-9-15(14)18(22)24/h6-9,13,16H,5,10-12H2,1-4H3,(H,25,26)/t13?,16-,21?/m1/s1. The highest BCUT2D eigenvalue weighted by molar-refractivity contribution is 6.22. The summed E-state index contributed by atoms with van der Waals surface area (Å²) in [7, 11) is 0. The Morgan fingerprint density at radius 3 is 2.15 bits per heavy atom. The fourth-order valence-electron chi connectivity index (χ4n) is 5.57. The van der Waals surface area contributed by atoms with E-state index in [4.69, 9.17) is 0 Å². The molecule has 2 aliphatic rings. The van der Waals surface area contributed by atoms with Gasteiger partial charge in [-0.25, -0.2) is 4.79 Å². The minimum atomic E-state index is -1.14. The molecule has 1 aliphatic heterocycles. The van der Waals surface area contributed by atoms with Crippen molar-refractivity contribution in [2.75, 3.05) is 0 Å². The number of carbonyl (C=O) groups is 3. The number of rotatable bonds is 4. The van der Waals surface area contributed by atoms with Gasteiger partial charge in [0.1, 0.15) is 6.04 Å². The fourth-order valence-corrected chi connectivity index (χ4v) is 5.57. The Labute approximate surface area is 154 Å². The van der Waals surface area contributed by atoms with Crippen LogP contribution in [0.2, 0.25) is 0 Å². The van der Waals surface area contributed by atoms with Crippen molar-refractivity contribution in [3.8, 4) is 0 Å². The number of carboxylic acids is 1. The molecule has 1 fully saturated rings. The Hall–Kier alpha value is -2.17. The van der Waals surface area contributed by atoms with Crippen molar-refractivity contribution in [1.82, 2.24) is 4.90 Å². The van der Waals surface area contributed by atoms with Gasteiger partial charge in [-0.15, -0.1) is 0 Å². The highest BCUT2D eigenvalue weighted by Gasteiger charge is 2.55. The van der Waals surface area contributed by atoms with Crippen molar-refractivity contribution in [3.63, 3.8) is 0 Å². The zero-order valence-electron chi connectivity index (χ0n) is 15.9. The van der Waals surface area contributed by atoms with E-state index in [0.717, 1.165) is 11.3 Å². The van der Waals surface area contributed by atoms with Gasteiger partial charge in [-0.1, -0.05) is 39.8 Å². The molecule has 0 radical (unpaired) electrons. The molecule has 0 saturated heterocycles. The molecular weight excluding hydrogens is 330 g/mol. The van der Waals surface area contributed by atoms with Crippen LogP contribution in [0.4, 0.5) is 0 Å². The lowest BCUT2D eigenvalue weighted by Gasteiger charge is -2.51. The molecule has 3 rings (SSSR count). The largest absolute Gasteiger partial charge is 0.480 e. The first-order chi connectivity index (χ1) is 12.1. The molecule has 0 aromatic heterocycles. The molecule has 5 heteroatoms. The number of amides is 2. The van der Waals surface area contributed by atoms with Crippen LogP contribution in [-0.2, 0) is 4.79 Å². The van der Waals surface area contributed by atoms with Gasteiger partial charge in [0.05, 0.1) is 11.1 Å². The lowest BCUT2D eigenvalue weighted by Crippen LogP contribution is -2.57. The fraction of sp³-hybridized carbons (Fsp3) is 0.571. The van der Waals surface area contributed by atoms with E-state index in [1.165, 1.54) is 0 Å². The Morgan fingerprint density at radius 2 is 1.73 bits per heavy atom. The van der Waals surface area contributed by atoms with Gasteiger partial charge in [0.2, 0.25) is 0 Å². The molecule has 5 nitrogen and oxygen atoms in total. The van der Waals surface area contributed by atoms with Crippen molar-refractivity contribution in [2.24, 2.45) is 16.7 Å². The van der Waals surface area contributed by atoms with Crippen LogP contribution in [0.25, 0.3) is 0 Å². The zero-order chi connectivity index (χ0) is 19.3. The van der Waals surface area contributed by atoms with Gasteiger partial charge >= 0.3 is 5.97 Å². The summed E-state index contributed by atoms with van der Waals surface area (Å²) in [6, 6.07) is 5.46. The molecule has 1 aromatic rings. The summed E-state index contributed by atoms with van der Waals surface area (Å²) in [6.07, 6.45) is 3.02. The molecule has 140 valence electrons. The maximum atomic E-state index is 12.9. The van der Waals surface area contributed by atoms with E-state index in [-0.39, 0.29) is 5.41 Å². The first kappa shape index (κ1) is 18.6. The van der Waals surface area contributed by atoms with Gasteiger partial charge in [-0.05, 0) is 49.1 Å². The maximum absolute atomic E-state index is 12.9. The quantitative estimate of drug-likeness (QED) is 0.827. The minimum absolute atomic E-state index is 0.0277. The van der Waals surface area contributed by atoms with Crippen molar-refractivity contribution in [2.45, 2.75) is 59.4 Å². The number of carboxylic acid groups (broad SMARTS) is 1. The van der Waals surface area contributed by atoms with Crippen molar-refractivity contribution in [1.29, 1.82) is 0 Å². The lowest BCUT2D eigenvalue weighted by molar-refractivity contribution is -0.150. The number of carbonyl (C=O) groups excluding carboxylic acids is 2. The van der Waals surface area contributed by atoms with Crippen LogP contribution in [0, 0.1) is 16.7 Å². The zero-order valence-corrected chi connectivity index (χ0v) is 15.9. The number of aliphatic carboxylic acids is 1. The van der Waals surface area contributed by atoms with Crippen LogP contribution in [0.5, 0.6) is 0 Å². The number of hydrogen-bond donors (Lipinski definition) is 1. The molecule has 2 amide bonds. The predicted octanol–water partition coefficient (Wildman–Crippen LogP) is 3.98. The van der Waals surface area contributed by atoms with Crippen molar-refractivity contribution in [3.05, 3.63) is 35.4 Å². The van der Waals surface area contributed by atoms with E-state index >= 15 is 0 Å². The van der Waals surface area contributed by atoms with E-state index in [1.54, 1.807) is 24.3 Å². The minimum Gasteiger partial charge on any atom is -0.480 e. The Balaban J connectivity index is 2.09. The SMILES string of the molecule is CCC1([C@@H](C(=O)O)N2C(=O)c3ccccc3C2=O)CC(C)CC(C)(C)C1. The summed E-state index contributed by atoms with van der Waals surface area (Å²) in [4.78, 5) is 39.3. The van der Waals surface area contributed by atoms with Crippen LogP contribution in [0.3, 0.4) is 0 Å². The lowest BCUT2D eigenvalue weighted by atomic mass is 9.56. The van der Waals surface area contributed by atoms with E-state index in [2.05, 4.69) is 20.8 Å². The maximum Gasteiger partial charge on any atom is 0.327 e. The molecule has 1 aliphatic carbocycles. The first-order valence-corrected chi connectivity index (χ1v) is 9.31. The second-order valence-electron chi connectivity index (χ2n) is 8.84. The second-order valence-corrected chi connectivity index (χ2v) is 8.84. The van der Waals surface area contributed by atoms with Crippen LogP contribution in [-0.4, -0.2) is 33.8 Å². The topological polar surface area (TPSA) is 74.7 Å². The van der Waals surface area contributed by atoms with E-state index in [0.29, 0.717) is 36.3 Å². The molecule has 1 saturated carbocycles. The number of benzene rings is 1. The summed E-state index contributed by atoms with van der Waals surface area (Å²) in [5.41, 5.74) is -0.0309. The third-order valence-corrected chi connectivity index (χ3v) is 6.09. The summed E-state index contributed by atoms with van der Waals surface area (Å²) < 4.78 is 0. The van der Waals surface area contributed by atoms with Crippen molar-refractivity contribution >= 4 is 17.8 Å². The number of nitrogens with zero attached hydrogens (tertiary/aromatic N) is 1. The van der Waals surface area contributed by atoms with E-state index in [9.17, 15) is 19.5 Å². The molecule has 0 bridgehead atoms. The Morgan fingerprint density at radius 1 is 1.19 bits per heavy atom. The second kappa shape index (κ2) is 6.22. The third-order valence-electron chi connectivity index (χ3n) is 6.09. The number of imide groups is 1. The molecule has 3 atom stereocenters. The molecular formula is C21H27NO4. The Kier molecular flexibility index (Phi) is 4.45. The highest BCUT2D eigenvalue weighted by Crippen LogP contribution is 2.54. The average molecular weight is 357 g/mol. The first-order valence-electron chi connectivity index (χ1n) is 9.31. The molecule has 1 heterocycles. The predicted molar refractivity (Wildman–Crippen MR) is 97.9 cm³/mol. The summed E-state index contributed by atoms with van der Waals surface area (Å²) in [5, 5.41) is 10.1. The van der Waals surface area contributed by atoms with Crippen molar-refractivity contribution < 1.29 is 19.5 Å². The third kappa shape index (κ3) is 2.83.